The monoisotopic (exact) mass is 179 g/mol. The lowest BCUT2D eigenvalue weighted by Crippen LogP contribution is -2.20. The Morgan fingerprint density at radius 3 is 2.62 bits per heavy atom. The molecule has 0 aliphatic heterocycles. The van der Waals surface area contributed by atoms with E-state index in [1.165, 1.54) is 18.4 Å². The molecular formula is C11H17NO. The van der Waals surface area contributed by atoms with Crippen LogP contribution in [-0.2, 0) is 0 Å². The highest BCUT2D eigenvalue weighted by Gasteiger charge is 2.24. The second kappa shape index (κ2) is 3.18. The third-order valence-corrected chi connectivity index (χ3v) is 2.61. The first-order valence-corrected chi connectivity index (χ1v) is 5.00. The summed E-state index contributed by atoms with van der Waals surface area (Å²) in [5.74, 6) is 2.06. The van der Waals surface area contributed by atoms with E-state index in [1.807, 2.05) is 13.8 Å². The zero-order valence-corrected chi connectivity index (χ0v) is 8.55. The van der Waals surface area contributed by atoms with Crippen LogP contribution >= 0.6 is 0 Å². The van der Waals surface area contributed by atoms with Crippen molar-refractivity contribution in [2.45, 2.75) is 45.7 Å². The van der Waals surface area contributed by atoms with Crippen LogP contribution in [0.4, 0.5) is 0 Å². The van der Waals surface area contributed by atoms with Gasteiger partial charge in [0.2, 0.25) is 0 Å². The first kappa shape index (κ1) is 8.82. The average Bonchev–Trinajstić information content (AvgIpc) is 2.77. The molecule has 2 heteroatoms. The molecule has 0 spiro atoms. The molecule has 1 N–H and O–H groups in total. The molecule has 1 atom stereocenters. The summed E-state index contributed by atoms with van der Waals surface area (Å²) in [4.78, 5) is 0. The highest BCUT2D eigenvalue weighted by molar-refractivity contribution is 5.23. The molecule has 0 saturated heterocycles. The summed E-state index contributed by atoms with van der Waals surface area (Å²) in [5.41, 5.74) is 1.31. The molecule has 1 aromatic heterocycles. The van der Waals surface area contributed by atoms with Gasteiger partial charge in [0, 0.05) is 17.6 Å². The number of hydrogen-bond acceptors (Lipinski definition) is 2. The molecule has 1 aliphatic carbocycles. The van der Waals surface area contributed by atoms with E-state index in [0.29, 0.717) is 6.04 Å². The van der Waals surface area contributed by atoms with Crippen molar-refractivity contribution < 1.29 is 4.42 Å². The Morgan fingerprint density at radius 1 is 1.46 bits per heavy atom. The van der Waals surface area contributed by atoms with E-state index in [-0.39, 0.29) is 0 Å². The van der Waals surface area contributed by atoms with E-state index in [0.717, 1.165) is 17.6 Å². The van der Waals surface area contributed by atoms with Crippen LogP contribution in [0.1, 0.15) is 42.9 Å². The van der Waals surface area contributed by atoms with Crippen LogP contribution in [0.3, 0.4) is 0 Å². The van der Waals surface area contributed by atoms with Crippen molar-refractivity contribution in [2.75, 3.05) is 0 Å². The second-order valence-electron chi connectivity index (χ2n) is 4.03. The minimum absolute atomic E-state index is 0.435. The third kappa shape index (κ3) is 1.94. The van der Waals surface area contributed by atoms with Crippen LogP contribution in [0.15, 0.2) is 10.5 Å². The number of furan rings is 1. The maximum atomic E-state index is 5.50. The number of rotatable bonds is 3. The van der Waals surface area contributed by atoms with Gasteiger partial charge in [0.15, 0.2) is 0 Å². The van der Waals surface area contributed by atoms with Gasteiger partial charge in [-0.25, -0.2) is 0 Å². The van der Waals surface area contributed by atoms with Crippen molar-refractivity contribution in [3.05, 3.63) is 23.2 Å². The summed E-state index contributed by atoms with van der Waals surface area (Å²) in [6.07, 6.45) is 2.67. The van der Waals surface area contributed by atoms with Gasteiger partial charge in [-0.3, -0.25) is 0 Å². The van der Waals surface area contributed by atoms with Crippen LogP contribution in [0, 0.1) is 13.8 Å². The van der Waals surface area contributed by atoms with Gasteiger partial charge in [0.1, 0.15) is 11.5 Å². The second-order valence-corrected chi connectivity index (χ2v) is 4.03. The molecule has 2 nitrogen and oxygen atoms in total. The SMILES string of the molecule is Cc1cc([C@H](C)NC2CC2)c(C)o1. The summed E-state index contributed by atoms with van der Waals surface area (Å²) in [7, 11) is 0. The summed E-state index contributed by atoms with van der Waals surface area (Å²) < 4.78 is 5.50. The smallest absolute Gasteiger partial charge is 0.105 e. The van der Waals surface area contributed by atoms with Crippen LogP contribution in [0.5, 0.6) is 0 Å². The molecule has 1 fully saturated rings. The summed E-state index contributed by atoms with van der Waals surface area (Å²) in [5, 5.41) is 3.56. The molecule has 2 rings (SSSR count). The maximum absolute atomic E-state index is 5.50. The van der Waals surface area contributed by atoms with Gasteiger partial charge in [0.25, 0.3) is 0 Å². The van der Waals surface area contributed by atoms with Crippen molar-refractivity contribution in [3.8, 4) is 0 Å². The van der Waals surface area contributed by atoms with Gasteiger partial charge in [-0.05, 0) is 39.7 Å². The van der Waals surface area contributed by atoms with Crippen molar-refractivity contribution in [3.63, 3.8) is 0 Å². The van der Waals surface area contributed by atoms with Crippen molar-refractivity contribution >= 4 is 0 Å². The lowest BCUT2D eigenvalue weighted by atomic mass is 10.1. The Kier molecular flexibility index (Phi) is 2.16. The molecule has 0 amide bonds. The van der Waals surface area contributed by atoms with E-state index >= 15 is 0 Å². The molecule has 72 valence electrons. The number of hydrogen-bond donors (Lipinski definition) is 1. The Bertz CT molecular complexity index is 299. The van der Waals surface area contributed by atoms with E-state index in [4.69, 9.17) is 4.42 Å². The number of aryl methyl sites for hydroxylation is 2. The van der Waals surface area contributed by atoms with E-state index in [2.05, 4.69) is 18.3 Å². The zero-order chi connectivity index (χ0) is 9.42. The number of nitrogens with one attached hydrogen (secondary N) is 1. The molecule has 0 bridgehead atoms. The largest absolute Gasteiger partial charge is 0.466 e. The predicted octanol–water partition coefficient (Wildman–Crippen LogP) is 2.71. The Morgan fingerprint density at radius 2 is 2.15 bits per heavy atom. The van der Waals surface area contributed by atoms with Gasteiger partial charge in [-0.15, -0.1) is 0 Å². The van der Waals surface area contributed by atoms with Crippen molar-refractivity contribution in [2.24, 2.45) is 0 Å². The highest BCUT2D eigenvalue weighted by Crippen LogP contribution is 2.26. The summed E-state index contributed by atoms with van der Waals surface area (Å²) in [6, 6.07) is 3.32. The van der Waals surface area contributed by atoms with Crippen molar-refractivity contribution in [1.82, 2.24) is 5.32 Å². The van der Waals surface area contributed by atoms with Gasteiger partial charge in [-0.2, -0.15) is 0 Å². The average molecular weight is 179 g/mol. The lowest BCUT2D eigenvalue weighted by molar-refractivity contribution is 0.489. The third-order valence-electron chi connectivity index (χ3n) is 2.61. The molecule has 1 aromatic rings. The van der Waals surface area contributed by atoms with E-state index < -0.39 is 0 Å². The molecule has 1 saturated carbocycles. The first-order chi connectivity index (χ1) is 6.16. The normalized spacial score (nSPS) is 19.0. The first-order valence-electron chi connectivity index (χ1n) is 5.00. The van der Waals surface area contributed by atoms with Crippen molar-refractivity contribution in [1.29, 1.82) is 0 Å². The Labute approximate surface area is 79.3 Å². The molecule has 0 radical (unpaired) electrons. The van der Waals surface area contributed by atoms with Crippen LogP contribution in [0.2, 0.25) is 0 Å². The lowest BCUT2D eigenvalue weighted by Gasteiger charge is -2.11. The topological polar surface area (TPSA) is 25.2 Å². The van der Waals surface area contributed by atoms with Gasteiger partial charge >= 0.3 is 0 Å². The fraction of sp³-hybridized carbons (Fsp3) is 0.636. The predicted molar refractivity (Wildman–Crippen MR) is 52.8 cm³/mol. The molecule has 0 unspecified atom stereocenters. The molecular weight excluding hydrogens is 162 g/mol. The molecule has 0 aromatic carbocycles. The summed E-state index contributed by atoms with van der Waals surface area (Å²) >= 11 is 0. The minimum atomic E-state index is 0.435. The molecule has 1 heterocycles. The van der Waals surface area contributed by atoms with E-state index in [1.54, 1.807) is 0 Å². The molecule has 13 heavy (non-hydrogen) atoms. The maximum Gasteiger partial charge on any atom is 0.105 e. The van der Waals surface area contributed by atoms with Gasteiger partial charge in [0.05, 0.1) is 0 Å². The van der Waals surface area contributed by atoms with E-state index in [9.17, 15) is 0 Å². The van der Waals surface area contributed by atoms with Gasteiger partial charge in [-0.1, -0.05) is 0 Å². The minimum Gasteiger partial charge on any atom is -0.466 e. The summed E-state index contributed by atoms with van der Waals surface area (Å²) in [6.45, 7) is 6.24. The Hall–Kier alpha value is -0.760. The van der Waals surface area contributed by atoms with Gasteiger partial charge < -0.3 is 9.73 Å². The van der Waals surface area contributed by atoms with Crippen LogP contribution < -0.4 is 5.32 Å². The van der Waals surface area contributed by atoms with Crippen LogP contribution in [-0.4, -0.2) is 6.04 Å². The highest BCUT2D eigenvalue weighted by atomic mass is 16.3. The Balaban J connectivity index is 2.08. The quantitative estimate of drug-likeness (QED) is 0.771. The fourth-order valence-electron chi connectivity index (χ4n) is 1.77. The zero-order valence-electron chi connectivity index (χ0n) is 8.55. The standard InChI is InChI=1S/C11H17NO/c1-7-6-11(9(3)13-7)8(2)12-10-4-5-10/h6,8,10,12H,4-5H2,1-3H3/t8-/m0/s1. The fourth-order valence-corrected chi connectivity index (χ4v) is 1.77. The van der Waals surface area contributed by atoms with Crippen LogP contribution in [0.25, 0.3) is 0 Å². The molecule has 1 aliphatic rings.